The maximum Gasteiger partial charge on any atom is 0.277 e. The summed E-state index contributed by atoms with van der Waals surface area (Å²) >= 11 is 7.35. The molecule has 2 aromatic carbocycles. The molecule has 0 radical (unpaired) electrons. The lowest BCUT2D eigenvalue weighted by molar-refractivity contribution is 0.391. The molecule has 4 aromatic rings. The Morgan fingerprint density at radius 2 is 1.79 bits per heavy atom. The molecule has 0 aliphatic carbocycles. The van der Waals surface area contributed by atoms with E-state index in [2.05, 4.69) is 53.2 Å². The lowest BCUT2D eigenvalue weighted by Crippen LogP contribution is -2.10. The molecular formula is C21H19ClN4O2S. The first-order valence-electron chi connectivity index (χ1n) is 9.04. The molecule has 0 unspecified atom stereocenters. The molecule has 0 aliphatic rings. The predicted molar refractivity (Wildman–Crippen MR) is 113 cm³/mol. The van der Waals surface area contributed by atoms with Gasteiger partial charge in [-0.15, -0.1) is 10.2 Å². The summed E-state index contributed by atoms with van der Waals surface area (Å²) in [6.07, 6.45) is 0. The van der Waals surface area contributed by atoms with Gasteiger partial charge in [0, 0.05) is 16.1 Å². The summed E-state index contributed by atoms with van der Waals surface area (Å²) in [7, 11) is 0. The minimum absolute atomic E-state index is 0.0996. The molecule has 0 aliphatic heterocycles. The zero-order valence-electron chi connectivity index (χ0n) is 16.2. The molecule has 2 heterocycles. The third-order valence-corrected chi connectivity index (χ3v) is 5.31. The van der Waals surface area contributed by atoms with E-state index in [9.17, 15) is 0 Å². The number of benzene rings is 2. The van der Waals surface area contributed by atoms with Gasteiger partial charge in [0.2, 0.25) is 17.6 Å². The molecule has 6 nitrogen and oxygen atoms in total. The molecule has 0 saturated carbocycles. The molecule has 148 valence electrons. The van der Waals surface area contributed by atoms with Gasteiger partial charge in [-0.05, 0) is 35.2 Å². The van der Waals surface area contributed by atoms with Gasteiger partial charge < -0.3 is 8.94 Å². The Morgan fingerprint density at radius 3 is 2.52 bits per heavy atom. The van der Waals surface area contributed by atoms with Crippen molar-refractivity contribution in [2.24, 2.45) is 0 Å². The summed E-state index contributed by atoms with van der Waals surface area (Å²) in [6, 6.07) is 15.5. The van der Waals surface area contributed by atoms with Crippen LogP contribution in [0.2, 0.25) is 5.02 Å². The number of aromatic nitrogens is 4. The van der Waals surface area contributed by atoms with Crippen LogP contribution in [0.15, 0.2) is 62.7 Å². The van der Waals surface area contributed by atoms with Crippen LogP contribution in [-0.4, -0.2) is 20.3 Å². The maximum absolute atomic E-state index is 6.01. The van der Waals surface area contributed by atoms with Gasteiger partial charge in [0.05, 0.1) is 5.75 Å². The van der Waals surface area contributed by atoms with Crippen LogP contribution in [-0.2, 0) is 11.2 Å². The molecule has 0 N–H and O–H groups in total. The first-order chi connectivity index (χ1) is 13.9. The molecule has 29 heavy (non-hydrogen) atoms. The van der Waals surface area contributed by atoms with Gasteiger partial charge in [0.1, 0.15) is 0 Å². The van der Waals surface area contributed by atoms with Gasteiger partial charge in [-0.2, -0.15) is 4.98 Å². The summed E-state index contributed by atoms with van der Waals surface area (Å²) in [5.74, 6) is 1.88. The monoisotopic (exact) mass is 426 g/mol. The SMILES string of the molecule is CC(C)(C)c1ccc(-c2nnc(SCc3nc(-c4cccc(Cl)c4)no3)o2)cc1. The highest BCUT2D eigenvalue weighted by Gasteiger charge is 2.16. The normalized spacial score (nSPS) is 11.7. The van der Waals surface area contributed by atoms with Crippen molar-refractivity contribution in [2.75, 3.05) is 0 Å². The van der Waals surface area contributed by atoms with Crippen molar-refractivity contribution in [3.63, 3.8) is 0 Å². The predicted octanol–water partition coefficient (Wildman–Crippen LogP) is 6.03. The second kappa shape index (κ2) is 8.00. The van der Waals surface area contributed by atoms with E-state index in [4.69, 9.17) is 20.5 Å². The lowest BCUT2D eigenvalue weighted by Gasteiger charge is -2.18. The molecule has 0 spiro atoms. The van der Waals surface area contributed by atoms with E-state index in [1.54, 1.807) is 12.1 Å². The van der Waals surface area contributed by atoms with Crippen LogP contribution in [0.4, 0.5) is 0 Å². The molecule has 0 atom stereocenters. The number of hydrogen-bond acceptors (Lipinski definition) is 7. The standard InChI is InChI=1S/C21H19ClN4O2S/c1-21(2,3)15-9-7-13(8-10-15)19-24-25-20(27-19)29-12-17-23-18(26-28-17)14-5-4-6-16(22)11-14/h4-11H,12H2,1-3H3. The highest BCUT2D eigenvalue weighted by atomic mass is 35.5. The number of halogens is 1. The van der Waals surface area contributed by atoms with Crippen molar-refractivity contribution < 1.29 is 8.94 Å². The second-order valence-corrected chi connectivity index (χ2v) is 8.87. The quantitative estimate of drug-likeness (QED) is 0.360. The second-order valence-electron chi connectivity index (χ2n) is 7.51. The number of nitrogens with zero attached hydrogens (tertiary/aromatic N) is 4. The Hall–Kier alpha value is -2.64. The summed E-state index contributed by atoms with van der Waals surface area (Å²) < 4.78 is 11.1. The molecule has 0 amide bonds. The molecule has 0 fully saturated rings. The van der Waals surface area contributed by atoms with Crippen LogP contribution in [0.1, 0.15) is 32.2 Å². The average Bonchev–Trinajstić information content (AvgIpc) is 3.35. The number of rotatable bonds is 5. The summed E-state index contributed by atoms with van der Waals surface area (Å²) in [5, 5.41) is 13.3. The molecule has 2 aromatic heterocycles. The van der Waals surface area contributed by atoms with Crippen molar-refractivity contribution in [3.8, 4) is 22.8 Å². The van der Waals surface area contributed by atoms with E-state index in [-0.39, 0.29) is 5.41 Å². The van der Waals surface area contributed by atoms with Crippen LogP contribution in [0.5, 0.6) is 0 Å². The third-order valence-electron chi connectivity index (χ3n) is 4.27. The Balaban J connectivity index is 1.41. The Kier molecular flexibility index (Phi) is 5.43. The first-order valence-corrected chi connectivity index (χ1v) is 10.4. The van der Waals surface area contributed by atoms with E-state index in [0.717, 1.165) is 11.1 Å². The van der Waals surface area contributed by atoms with E-state index >= 15 is 0 Å². The largest absolute Gasteiger partial charge is 0.411 e. The topological polar surface area (TPSA) is 77.8 Å². The zero-order chi connectivity index (χ0) is 20.4. The summed E-state index contributed by atoms with van der Waals surface area (Å²) in [4.78, 5) is 4.39. The van der Waals surface area contributed by atoms with Crippen LogP contribution < -0.4 is 0 Å². The smallest absolute Gasteiger partial charge is 0.277 e. The van der Waals surface area contributed by atoms with Crippen LogP contribution in [0.3, 0.4) is 0 Å². The molecule has 8 heteroatoms. The number of thioether (sulfide) groups is 1. The molecule has 4 rings (SSSR count). The molecular weight excluding hydrogens is 408 g/mol. The molecule has 0 saturated heterocycles. The first kappa shape index (κ1) is 19.7. The fourth-order valence-electron chi connectivity index (χ4n) is 2.68. The van der Waals surface area contributed by atoms with Gasteiger partial charge in [-0.1, -0.05) is 73.6 Å². The maximum atomic E-state index is 6.01. The van der Waals surface area contributed by atoms with Gasteiger partial charge in [-0.3, -0.25) is 0 Å². The van der Waals surface area contributed by atoms with E-state index in [1.807, 2.05) is 24.3 Å². The zero-order valence-corrected chi connectivity index (χ0v) is 17.8. The van der Waals surface area contributed by atoms with Gasteiger partial charge in [0.15, 0.2) is 0 Å². The minimum Gasteiger partial charge on any atom is -0.411 e. The summed E-state index contributed by atoms with van der Waals surface area (Å²) in [6.45, 7) is 6.54. The van der Waals surface area contributed by atoms with Crippen LogP contribution >= 0.6 is 23.4 Å². The fraction of sp³-hybridized carbons (Fsp3) is 0.238. The Bertz CT molecular complexity index is 1120. The molecule has 0 bridgehead atoms. The highest BCUT2D eigenvalue weighted by molar-refractivity contribution is 7.98. The van der Waals surface area contributed by atoms with Crippen molar-refractivity contribution in [1.82, 2.24) is 20.3 Å². The third kappa shape index (κ3) is 4.68. The van der Waals surface area contributed by atoms with Crippen molar-refractivity contribution >= 4 is 23.4 Å². The van der Waals surface area contributed by atoms with Crippen molar-refractivity contribution in [2.45, 2.75) is 37.2 Å². The fourth-order valence-corrected chi connectivity index (χ4v) is 3.47. The van der Waals surface area contributed by atoms with Crippen LogP contribution in [0, 0.1) is 0 Å². The Labute approximate surface area is 177 Å². The van der Waals surface area contributed by atoms with Crippen LogP contribution in [0.25, 0.3) is 22.8 Å². The summed E-state index contributed by atoms with van der Waals surface area (Å²) in [5.41, 5.74) is 3.04. The van der Waals surface area contributed by atoms with Gasteiger partial charge in [0.25, 0.3) is 5.22 Å². The van der Waals surface area contributed by atoms with Gasteiger partial charge in [-0.25, -0.2) is 0 Å². The number of hydrogen-bond donors (Lipinski definition) is 0. The van der Waals surface area contributed by atoms with Crippen molar-refractivity contribution in [3.05, 3.63) is 65.0 Å². The van der Waals surface area contributed by atoms with E-state index in [1.165, 1.54) is 17.3 Å². The average molecular weight is 427 g/mol. The highest BCUT2D eigenvalue weighted by Crippen LogP contribution is 2.28. The van der Waals surface area contributed by atoms with E-state index < -0.39 is 0 Å². The van der Waals surface area contributed by atoms with Gasteiger partial charge >= 0.3 is 0 Å². The van der Waals surface area contributed by atoms with E-state index in [0.29, 0.717) is 33.6 Å². The Morgan fingerprint density at radius 1 is 1.00 bits per heavy atom. The minimum atomic E-state index is 0.0996. The van der Waals surface area contributed by atoms with Crippen molar-refractivity contribution in [1.29, 1.82) is 0 Å². The lowest BCUT2D eigenvalue weighted by atomic mass is 9.87.